The summed E-state index contributed by atoms with van der Waals surface area (Å²) in [5.41, 5.74) is 3.16. The Kier molecular flexibility index (Phi) is 18.0. The summed E-state index contributed by atoms with van der Waals surface area (Å²) in [4.78, 5) is 25.4. The van der Waals surface area contributed by atoms with E-state index in [2.05, 4.69) is 0 Å². The monoisotopic (exact) mass is 903 g/mol. The van der Waals surface area contributed by atoms with Crippen LogP contribution in [0, 0.1) is 11.6 Å². The SMILES string of the molecule is COCC1CN(Sc2ccc(OCc3ccc(F)cc3)cc2)C(C(=O)OC)C(C)O1.COC[C@H]1CN(S(=O)(=O)c2ccc(OCc3ccc(F)cc3)cc2)[C@@H](C(=O)NO)[C@H](C)O1. The second-order valence-corrected chi connectivity index (χ2v) is 17.3. The Balaban J connectivity index is 0.000000235. The average Bonchev–Trinajstić information content (AvgIpc) is 3.26. The molecule has 6 rings (SSSR count). The number of rotatable bonds is 16. The molecule has 2 heterocycles. The molecule has 0 spiro atoms. The number of sulfonamides is 1. The van der Waals surface area contributed by atoms with E-state index in [0.717, 1.165) is 20.3 Å². The van der Waals surface area contributed by atoms with Crippen LogP contribution < -0.4 is 15.0 Å². The van der Waals surface area contributed by atoms with Gasteiger partial charge in [-0.15, -0.1) is 0 Å². The molecule has 0 aliphatic carbocycles. The molecule has 2 aliphatic heterocycles. The zero-order chi connectivity index (χ0) is 44.8. The lowest BCUT2D eigenvalue weighted by Crippen LogP contribution is -2.61. The quantitative estimate of drug-likeness (QED) is 0.0635. The highest BCUT2D eigenvalue weighted by Gasteiger charge is 2.45. The third kappa shape index (κ3) is 13.2. The maximum absolute atomic E-state index is 13.3. The van der Waals surface area contributed by atoms with Gasteiger partial charge in [0.25, 0.3) is 5.91 Å². The summed E-state index contributed by atoms with van der Waals surface area (Å²) in [7, 11) is 0.361. The Morgan fingerprint density at radius 3 is 1.66 bits per heavy atom. The van der Waals surface area contributed by atoms with Crippen molar-refractivity contribution in [2.75, 3.05) is 47.6 Å². The molecule has 2 fully saturated rings. The molecule has 62 heavy (non-hydrogen) atoms. The first-order valence-corrected chi connectivity index (χ1v) is 21.7. The largest absolute Gasteiger partial charge is 0.489 e. The number of methoxy groups -OCH3 is 3. The Bertz CT molecular complexity index is 2140. The van der Waals surface area contributed by atoms with Crippen LogP contribution in [0.5, 0.6) is 11.5 Å². The van der Waals surface area contributed by atoms with Crippen molar-refractivity contribution in [3.63, 3.8) is 0 Å². The number of nitrogens with zero attached hydrogens (tertiary/aromatic N) is 2. The molecule has 19 heteroatoms. The number of hydrogen-bond donors (Lipinski definition) is 2. The number of amides is 1. The van der Waals surface area contributed by atoms with Gasteiger partial charge in [0.15, 0.2) is 0 Å². The first-order chi connectivity index (χ1) is 29.8. The normalized spacial score (nSPS) is 21.9. The molecular weight excluding hydrogens is 853 g/mol. The van der Waals surface area contributed by atoms with E-state index < -0.39 is 40.2 Å². The van der Waals surface area contributed by atoms with Gasteiger partial charge in [-0.3, -0.25) is 14.8 Å². The van der Waals surface area contributed by atoms with Gasteiger partial charge in [-0.2, -0.15) is 4.31 Å². The third-order valence-electron chi connectivity index (χ3n) is 9.73. The van der Waals surface area contributed by atoms with E-state index in [-0.39, 0.29) is 54.5 Å². The van der Waals surface area contributed by atoms with Gasteiger partial charge in [0, 0.05) is 32.2 Å². The van der Waals surface area contributed by atoms with Crippen LogP contribution >= 0.6 is 11.9 Å². The molecule has 0 saturated carbocycles. The molecule has 336 valence electrons. The van der Waals surface area contributed by atoms with Crippen LogP contribution in [-0.2, 0) is 56.5 Å². The topological polar surface area (TPSA) is 172 Å². The van der Waals surface area contributed by atoms with E-state index in [0.29, 0.717) is 31.3 Å². The average molecular weight is 904 g/mol. The van der Waals surface area contributed by atoms with Crippen LogP contribution in [0.4, 0.5) is 8.78 Å². The zero-order valence-corrected chi connectivity index (χ0v) is 36.5. The number of morpholine rings is 2. The lowest BCUT2D eigenvalue weighted by molar-refractivity contribution is -0.162. The van der Waals surface area contributed by atoms with Crippen molar-refractivity contribution >= 4 is 33.8 Å². The van der Waals surface area contributed by atoms with Crippen molar-refractivity contribution in [3.05, 3.63) is 120 Å². The van der Waals surface area contributed by atoms with Crippen LogP contribution in [0.2, 0.25) is 0 Å². The van der Waals surface area contributed by atoms with E-state index in [1.165, 1.54) is 80.2 Å². The van der Waals surface area contributed by atoms with Gasteiger partial charge in [-0.1, -0.05) is 24.3 Å². The van der Waals surface area contributed by atoms with Crippen molar-refractivity contribution in [2.24, 2.45) is 0 Å². The summed E-state index contributed by atoms with van der Waals surface area (Å²) in [5, 5.41) is 9.09. The molecule has 0 radical (unpaired) electrons. The van der Waals surface area contributed by atoms with Crippen LogP contribution in [0.3, 0.4) is 0 Å². The lowest BCUT2D eigenvalue weighted by Gasteiger charge is -2.41. The number of nitrogens with one attached hydrogen (secondary N) is 1. The maximum atomic E-state index is 13.3. The number of hydroxylamine groups is 1. The summed E-state index contributed by atoms with van der Waals surface area (Å²) < 4.78 is 93.9. The molecule has 15 nitrogen and oxygen atoms in total. The van der Waals surface area contributed by atoms with E-state index in [1.807, 2.05) is 35.5 Å². The zero-order valence-electron chi connectivity index (χ0n) is 34.8. The highest BCUT2D eigenvalue weighted by Crippen LogP contribution is 2.33. The second-order valence-electron chi connectivity index (χ2n) is 14.3. The van der Waals surface area contributed by atoms with Gasteiger partial charge in [-0.25, -0.2) is 27.0 Å². The van der Waals surface area contributed by atoms with E-state index in [4.69, 9.17) is 38.4 Å². The van der Waals surface area contributed by atoms with E-state index in [1.54, 1.807) is 38.3 Å². The third-order valence-corrected chi connectivity index (χ3v) is 12.7. The van der Waals surface area contributed by atoms with Crippen molar-refractivity contribution in [1.29, 1.82) is 0 Å². The van der Waals surface area contributed by atoms with Crippen molar-refractivity contribution in [1.82, 2.24) is 14.1 Å². The molecule has 0 bridgehead atoms. The molecule has 4 aromatic rings. The van der Waals surface area contributed by atoms with Crippen LogP contribution in [0.25, 0.3) is 0 Å². The summed E-state index contributed by atoms with van der Waals surface area (Å²) in [6, 6.07) is 23.6. The van der Waals surface area contributed by atoms with Crippen molar-refractivity contribution in [2.45, 2.75) is 73.4 Å². The number of halogens is 2. The summed E-state index contributed by atoms with van der Waals surface area (Å²) in [6.07, 6.45) is -1.84. The number of benzene rings is 4. The lowest BCUT2D eigenvalue weighted by atomic mass is 10.1. The molecular formula is C43H51F2N3O12S2. The number of carbonyl (C=O) groups is 2. The summed E-state index contributed by atoms with van der Waals surface area (Å²) >= 11 is 1.47. The van der Waals surface area contributed by atoms with Gasteiger partial charge in [-0.05, 0) is 110 Å². The minimum Gasteiger partial charge on any atom is -0.489 e. The molecule has 4 aromatic carbocycles. The number of esters is 1. The van der Waals surface area contributed by atoms with Crippen LogP contribution in [-0.4, -0.2) is 118 Å². The number of ether oxygens (including phenoxy) is 7. The number of hydrogen-bond acceptors (Lipinski definition) is 14. The van der Waals surface area contributed by atoms with Gasteiger partial charge < -0.3 is 33.2 Å². The molecule has 6 atom stereocenters. The van der Waals surface area contributed by atoms with Crippen molar-refractivity contribution in [3.8, 4) is 11.5 Å². The van der Waals surface area contributed by atoms with Gasteiger partial charge >= 0.3 is 5.97 Å². The molecule has 1 amide bonds. The minimum absolute atomic E-state index is 0.0485. The predicted molar refractivity (Wildman–Crippen MR) is 223 cm³/mol. The minimum atomic E-state index is -4.11. The molecule has 2 N–H and O–H groups in total. The number of carbonyl (C=O) groups excluding carboxylic acids is 2. The Hall–Kier alpha value is -4.70. The predicted octanol–water partition coefficient (Wildman–Crippen LogP) is 5.39. The highest BCUT2D eigenvalue weighted by molar-refractivity contribution is 7.97. The van der Waals surface area contributed by atoms with Crippen LogP contribution in [0.1, 0.15) is 25.0 Å². The summed E-state index contributed by atoms with van der Waals surface area (Å²) in [6.45, 7) is 4.96. The van der Waals surface area contributed by atoms with Crippen LogP contribution in [0.15, 0.2) is 107 Å². The maximum Gasteiger partial charge on any atom is 0.326 e. The Morgan fingerprint density at radius 1 is 0.726 bits per heavy atom. The fraction of sp³-hybridized carbons (Fsp3) is 0.395. The standard InChI is InChI=1S/C22H26FNO5S.C21H25FN2O7S/c1-15-21(22(25)27-3)24(12-19(29-15)14-26-2)30-20-10-8-18(9-11-20)28-13-16-4-6-17(23)7-5-16;1-14-20(21(25)23-26)24(11-18(31-14)13-29-2)32(27,28)19-9-7-17(8-10-19)30-12-15-3-5-16(22)6-4-15/h4-11,15,19,21H,12-14H2,1-3H3;3-10,14,18,20,26H,11-13H2,1-2H3,(H,23,25)/t;14-,18+,20+/m.0/s1. The smallest absolute Gasteiger partial charge is 0.326 e. The van der Waals surface area contributed by atoms with Gasteiger partial charge in [0.05, 0.1) is 49.6 Å². The molecule has 0 aromatic heterocycles. The second kappa shape index (κ2) is 23.1. The van der Waals surface area contributed by atoms with E-state index in [9.17, 15) is 26.8 Å². The Labute approximate surface area is 364 Å². The van der Waals surface area contributed by atoms with Crippen molar-refractivity contribution < 1.29 is 65.2 Å². The van der Waals surface area contributed by atoms with Gasteiger partial charge in [0.2, 0.25) is 10.0 Å². The first-order valence-electron chi connectivity index (χ1n) is 19.5. The summed E-state index contributed by atoms with van der Waals surface area (Å²) in [5.74, 6) is -0.704. The van der Waals surface area contributed by atoms with E-state index >= 15 is 0 Å². The fourth-order valence-electron chi connectivity index (χ4n) is 6.75. The molecule has 3 unspecified atom stereocenters. The Morgan fingerprint density at radius 2 is 1.19 bits per heavy atom. The molecule has 2 aliphatic rings. The first kappa shape index (κ1) is 48.3. The van der Waals surface area contributed by atoms with Gasteiger partial charge in [0.1, 0.15) is 48.4 Å². The fourth-order valence-corrected chi connectivity index (χ4v) is 9.57. The molecule has 2 saturated heterocycles. The highest BCUT2D eigenvalue weighted by atomic mass is 32.2.